The van der Waals surface area contributed by atoms with Crippen molar-refractivity contribution in [1.29, 1.82) is 0 Å². The fraction of sp³-hybridized carbons (Fsp3) is 0.130. The molecule has 4 rings (SSSR count). The van der Waals surface area contributed by atoms with Gasteiger partial charge in [-0.05, 0) is 56.3 Å². The van der Waals surface area contributed by atoms with Crippen LogP contribution in [0.5, 0.6) is 0 Å². The maximum absolute atomic E-state index is 13.0. The summed E-state index contributed by atoms with van der Waals surface area (Å²) in [7, 11) is 0. The first-order valence-electron chi connectivity index (χ1n) is 9.81. The van der Waals surface area contributed by atoms with Gasteiger partial charge in [-0.2, -0.15) is 5.10 Å². The summed E-state index contributed by atoms with van der Waals surface area (Å²) in [6.07, 6.45) is 3.50. The Kier molecular flexibility index (Phi) is 5.61. The first-order chi connectivity index (χ1) is 15.1. The van der Waals surface area contributed by atoms with Gasteiger partial charge in [0, 0.05) is 23.7 Å². The monoisotopic (exact) mass is 415 g/mol. The van der Waals surface area contributed by atoms with Crippen molar-refractivity contribution in [3.05, 3.63) is 83.8 Å². The number of hydrogen-bond acceptors (Lipinski definition) is 6. The van der Waals surface area contributed by atoms with Crippen LogP contribution in [0.15, 0.2) is 83.3 Å². The van der Waals surface area contributed by atoms with Crippen LogP contribution in [0.3, 0.4) is 0 Å². The Balaban J connectivity index is 1.66. The number of fused-ring (bicyclic) bond motifs is 1. The second kappa shape index (κ2) is 8.66. The van der Waals surface area contributed by atoms with Crippen molar-refractivity contribution in [3.63, 3.8) is 0 Å². The Morgan fingerprint density at radius 2 is 1.87 bits per heavy atom. The quantitative estimate of drug-likeness (QED) is 0.635. The molecule has 0 fully saturated rings. The number of aromatic nitrogens is 2. The smallest absolute Gasteiger partial charge is 0.343 e. The van der Waals surface area contributed by atoms with Crippen molar-refractivity contribution >= 4 is 29.1 Å². The van der Waals surface area contributed by atoms with Crippen molar-refractivity contribution in [3.8, 4) is 5.69 Å². The minimum absolute atomic E-state index is 0.134. The van der Waals surface area contributed by atoms with Gasteiger partial charge in [-0.15, -0.1) is 0 Å². The average molecular weight is 415 g/mol. The van der Waals surface area contributed by atoms with Crippen molar-refractivity contribution < 1.29 is 14.3 Å². The third-order valence-electron chi connectivity index (χ3n) is 4.68. The Labute approximate surface area is 179 Å². The number of ether oxygens (including phenoxy) is 1. The molecule has 8 heteroatoms. The largest absolute Gasteiger partial charge is 0.462 e. The van der Waals surface area contributed by atoms with E-state index in [-0.39, 0.29) is 23.9 Å². The van der Waals surface area contributed by atoms with E-state index in [0.717, 1.165) is 11.4 Å². The number of aliphatic imine (C=N–C) groups is 1. The molecule has 8 nitrogen and oxygen atoms in total. The maximum atomic E-state index is 13.0. The Bertz CT molecular complexity index is 1180. The molecule has 2 heterocycles. The molecule has 2 N–H and O–H groups in total. The highest BCUT2D eigenvalue weighted by Crippen LogP contribution is 2.30. The first-order valence-corrected chi connectivity index (χ1v) is 9.81. The zero-order valence-corrected chi connectivity index (χ0v) is 17.1. The normalized spacial score (nSPS) is 12.9. The summed E-state index contributed by atoms with van der Waals surface area (Å²) in [6.45, 7) is 3.68. The molecule has 156 valence electrons. The van der Waals surface area contributed by atoms with Gasteiger partial charge in [-0.1, -0.05) is 12.1 Å². The summed E-state index contributed by atoms with van der Waals surface area (Å²) in [5, 5.41) is 10.1. The van der Waals surface area contributed by atoms with Crippen molar-refractivity contribution in [1.82, 2.24) is 15.1 Å². The highest BCUT2D eigenvalue weighted by atomic mass is 16.5. The molecule has 0 saturated carbocycles. The lowest BCUT2D eigenvalue weighted by atomic mass is 10.1. The molecule has 0 radical (unpaired) electrons. The molecule has 3 aromatic rings. The molecule has 2 aromatic carbocycles. The Hall–Kier alpha value is -4.20. The van der Waals surface area contributed by atoms with Gasteiger partial charge in [0.1, 0.15) is 11.4 Å². The van der Waals surface area contributed by atoms with E-state index in [1.807, 2.05) is 30.5 Å². The van der Waals surface area contributed by atoms with Crippen LogP contribution in [0.2, 0.25) is 0 Å². The van der Waals surface area contributed by atoms with Gasteiger partial charge in [-0.3, -0.25) is 4.79 Å². The molecule has 0 bridgehead atoms. The highest BCUT2D eigenvalue weighted by molar-refractivity contribution is 6.25. The van der Waals surface area contributed by atoms with Crippen LogP contribution in [0, 0.1) is 0 Å². The van der Waals surface area contributed by atoms with Crippen LogP contribution in [0.4, 0.5) is 11.4 Å². The molecular weight excluding hydrogens is 394 g/mol. The number of hydrogen-bond donors (Lipinski definition) is 2. The van der Waals surface area contributed by atoms with Gasteiger partial charge < -0.3 is 15.4 Å². The van der Waals surface area contributed by atoms with E-state index in [9.17, 15) is 9.59 Å². The van der Waals surface area contributed by atoms with E-state index in [1.165, 1.54) is 0 Å². The molecule has 1 amide bonds. The number of carbonyl (C=O) groups is 2. The van der Waals surface area contributed by atoms with Crippen molar-refractivity contribution in [2.24, 2.45) is 4.99 Å². The zero-order valence-electron chi connectivity index (χ0n) is 17.1. The van der Waals surface area contributed by atoms with E-state index in [2.05, 4.69) is 20.7 Å². The lowest BCUT2D eigenvalue weighted by Gasteiger charge is -2.13. The summed E-state index contributed by atoms with van der Waals surface area (Å²) >= 11 is 0. The molecule has 31 heavy (non-hydrogen) atoms. The van der Waals surface area contributed by atoms with Gasteiger partial charge in [0.25, 0.3) is 5.91 Å². The molecule has 1 aliphatic rings. The van der Waals surface area contributed by atoms with E-state index in [1.54, 1.807) is 55.1 Å². The molecule has 0 saturated heterocycles. The van der Waals surface area contributed by atoms with E-state index < -0.39 is 5.97 Å². The van der Waals surface area contributed by atoms with Gasteiger partial charge in [0.15, 0.2) is 0 Å². The second-order valence-corrected chi connectivity index (χ2v) is 6.77. The van der Waals surface area contributed by atoms with Crippen molar-refractivity contribution in [2.75, 3.05) is 11.9 Å². The first kappa shape index (κ1) is 20.1. The number of nitrogens with zero attached hydrogens (tertiary/aromatic N) is 3. The lowest BCUT2D eigenvalue weighted by Crippen LogP contribution is -2.35. The molecular formula is C23H21N5O3. The fourth-order valence-corrected chi connectivity index (χ4v) is 3.21. The molecule has 0 spiro atoms. The number of carbonyl (C=O) groups excluding carboxylic acids is 2. The third kappa shape index (κ3) is 4.23. The number of esters is 1. The molecule has 0 atom stereocenters. The summed E-state index contributed by atoms with van der Waals surface area (Å²) in [5.41, 5.74) is 3.30. The minimum Gasteiger partial charge on any atom is -0.462 e. The summed E-state index contributed by atoms with van der Waals surface area (Å²) in [6, 6.07) is 16.1. The van der Waals surface area contributed by atoms with Crippen molar-refractivity contribution in [2.45, 2.75) is 13.8 Å². The van der Waals surface area contributed by atoms with E-state index in [0.29, 0.717) is 16.9 Å². The van der Waals surface area contributed by atoms with Crippen LogP contribution >= 0.6 is 0 Å². The predicted octanol–water partition coefficient (Wildman–Crippen LogP) is 3.59. The molecule has 1 aromatic heterocycles. The van der Waals surface area contributed by atoms with Crippen LogP contribution in [0.25, 0.3) is 5.69 Å². The number of amidine groups is 1. The van der Waals surface area contributed by atoms with E-state index >= 15 is 0 Å². The standard InChI is InChI=1S/C23H21N5O3/c1-3-31-23(30)20-15(2)25-18-7-4-5-8-19(18)26-21(20)27-22(29)16-9-11-17(12-10-16)28-14-6-13-24-28/h4-14,25H,3H2,1-2H3,(H,26,27,29). The zero-order chi connectivity index (χ0) is 21.8. The predicted molar refractivity (Wildman–Crippen MR) is 118 cm³/mol. The summed E-state index contributed by atoms with van der Waals surface area (Å²) in [4.78, 5) is 30.2. The second-order valence-electron chi connectivity index (χ2n) is 6.77. The highest BCUT2D eigenvalue weighted by Gasteiger charge is 2.26. The third-order valence-corrected chi connectivity index (χ3v) is 4.68. The Morgan fingerprint density at radius 3 is 2.58 bits per heavy atom. The van der Waals surface area contributed by atoms with Gasteiger partial charge in [0.05, 0.1) is 23.7 Å². The number of benzene rings is 2. The number of nitrogens with one attached hydrogen (secondary N) is 2. The number of anilines is 1. The SMILES string of the molecule is CCOC(=O)C1=C(C)Nc2ccccc2N=C1NC(=O)c1ccc(-n2cccn2)cc1. The summed E-state index contributed by atoms with van der Waals surface area (Å²) < 4.78 is 6.90. The average Bonchev–Trinajstić information content (AvgIpc) is 3.26. The van der Waals surface area contributed by atoms with Crippen LogP contribution in [0.1, 0.15) is 24.2 Å². The Morgan fingerprint density at radius 1 is 1.10 bits per heavy atom. The molecule has 0 unspecified atom stereocenters. The van der Waals surface area contributed by atoms with E-state index in [4.69, 9.17) is 4.74 Å². The fourth-order valence-electron chi connectivity index (χ4n) is 3.21. The number of para-hydroxylation sites is 2. The lowest BCUT2D eigenvalue weighted by molar-refractivity contribution is -0.137. The number of amides is 1. The summed E-state index contributed by atoms with van der Waals surface area (Å²) in [5.74, 6) is -0.817. The van der Waals surface area contributed by atoms with Crippen LogP contribution in [-0.2, 0) is 9.53 Å². The number of allylic oxidation sites excluding steroid dienone is 1. The molecule has 0 aliphatic carbocycles. The van der Waals surface area contributed by atoms with Gasteiger partial charge >= 0.3 is 5.97 Å². The topological polar surface area (TPSA) is 97.6 Å². The van der Waals surface area contributed by atoms with Gasteiger partial charge in [0.2, 0.25) is 0 Å². The number of rotatable bonds is 4. The van der Waals surface area contributed by atoms with Crippen LogP contribution in [-0.4, -0.2) is 34.1 Å². The van der Waals surface area contributed by atoms with Gasteiger partial charge in [-0.25, -0.2) is 14.5 Å². The van der Waals surface area contributed by atoms with Crippen LogP contribution < -0.4 is 10.6 Å². The maximum Gasteiger partial charge on any atom is 0.343 e. The minimum atomic E-state index is -0.562. The molecule has 1 aliphatic heterocycles.